The molecule has 0 unspecified atom stereocenters. The van der Waals surface area contributed by atoms with Crippen LogP contribution in [-0.2, 0) is 0 Å². The van der Waals surface area contributed by atoms with Crippen molar-refractivity contribution in [2.75, 3.05) is 36.0 Å². The van der Waals surface area contributed by atoms with Gasteiger partial charge < -0.3 is 9.80 Å². The summed E-state index contributed by atoms with van der Waals surface area (Å²) < 4.78 is 4.53. The molecule has 2 saturated carbocycles. The van der Waals surface area contributed by atoms with Crippen LogP contribution in [0.2, 0.25) is 0 Å². The molecular formula is C17H22N6S. The van der Waals surface area contributed by atoms with E-state index >= 15 is 0 Å². The second kappa shape index (κ2) is 5.65. The SMILES string of the molecule is Cc1cc(N2CCN(c3nc(C4CC4)ns3)CC2)nc(C2CC2)n1. The van der Waals surface area contributed by atoms with E-state index in [0.717, 1.165) is 54.5 Å². The molecule has 3 aliphatic rings. The zero-order chi connectivity index (χ0) is 16.1. The van der Waals surface area contributed by atoms with Crippen LogP contribution in [0.3, 0.4) is 0 Å². The summed E-state index contributed by atoms with van der Waals surface area (Å²) in [7, 11) is 0. The van der Waals surface area contributed by atoms with Crippen LogP contribution >= 0.6 is 11.5 Å². The Morgan fingerprint density at radius 3 is 2.25 bits per heavy atom. The van der Waals surface area contributed by atoms with Gasteiger partial charge in [0.05, 0.1) is 0 Å². The van der Waals surface area contributed by atoms with E-state index < -0.39 is 0 Å². The van der Waals surface area contributed by atoms with E-state index in [0.29, 0.717) is 11.8 Å². The predicted molar refractivity (Wildman–Crippen MR) is 95.1 cm³/mol. The van der Waals surface area contributed by atoms with E-state index in [1.165, 1.54) is 25.7 Å². The molecule has 0 radical (unpaired) electrons. The summed E-state index contributed by atoms with van der Waals surface area (Å²) in [5, 5.41) is 1.09. The normalized spacial score (nSPS) is 21.4. The molecule has 0 amide bonds. The van der Waals surface area contributed by atoms with E-state index in [-0.39, 0.29) is 0 Å². The molecule has 0 spiro atoms. The van der Waals surface area contributed by atoms with Crippen LogP contribution < -0.4 is 9.80 Å². The predicted octanol–water partition coefficient (Wildman–Crippen LogP) is 2.72. The lowest BCUT2D eigenvalue weighted by molar-refractivity contribution is 0.642. The molecule has 5 rings (SSSR count). The number of aromatic nitrogens is 4. The van der Waals surface area contributed by atoms with Crippen molar-refractivity contribution in [3.8, 4) is 0 Å². The molecule has 7 heteroatoms. The standard InChI is InChI=1S/C17H22N6S/c1-11-10-14(19-15(18-11)12-2-3-12)22-6-8-23(9-7-22)17-20-16(21-24-17)13-4-5-13/h10,12-13H,2-9H2,1H3. The summed E-state index contributed by atoms with van der Waals surface area (Å²) in [5.41, 5.74) is 1.09. The first-order valence-electron chi connectivity index (χ1n) is 8.95. The largest absolute Gasteiger partial charge is 0.353 e. The van der Waals surface area contributed by atoms with E-state index in [1.807, 2.05) is 0 Å². The van der Waals surface area contributed by atoms with Crippen LogP contribution in [0.4, 0.5) is 10.9 Å². The Hall–Kier alpha value is -1.76. The smallest absolute Gasteiger partial charge is 0.205 e. The first kappa shape index (κ1) is 14.6. The van der Waals surface area contributed by atoms with Gasteiger partial charge in [0.2, 0.25) is 5.13 Å². The van der Waals surface area contributed by atoms with Crippen LogP contribution in [-0.4, -0.2) is 45.5 Å². The molecule has 2 aromatic heterocycles. The van der Waals surface area contributed by atoms with Crippen LogP contribution in [0.5, 0.6) is 0 Å². The van der Waals surface area contributed by atoms with Crippen LogP contribution in [0.15, 0.2) is 6.07 Å². The monoisotopic (exact) mass is 342 g/mol. The number of anilines is 2. The van der Waals surface area contributed by atoms with Gasteiger partial charge in [0, 0.05) is 61.3 Å². The third kappa shape index (κ3) is 2.85. The zero-order valence-electron chi connectivity index (χ0n) is 14.0. The van der Waals surface area contributed by atoms with Crippen molar-refractivity contribution in [2.24, 2.45) is 0 Å². The highest BCUT2D eigenvalue weighted by Crippen LogP contribution is 2.40. The Bertz CT molecular complexity index is 743. The lowest BCUT2D eigenvalue weighted by Gasteiger charge is -2.35. The maximum Gasteiger partial charge on any atom is 0.205 e. The summed E-state index contributed by atoms with van der Waals surface area (Å²) in [4.78, 5) is 18.9. The number of hydrogen-bond acceptors (Lipinski definition) is 7. The number of piperazine rings is 1. The van der Waals surface area contributed by atoms with Gasteiger partial charge in [0.1, 0.15) is 17.5 Å². The lowest BCUT2D eigenvalue weighted by atomic mass is 10.3. The van der Waals surface area contributed by atoms with Crippen molar-refractivity contribution >= 4 is 22.5 Å². The first-order valence-corrected chi connectivity index (χ1v) is 9.73. The Morgan fingerprint density at radius 1 is 0.875 bits per heavy atom. The Kier molecular flexibility index (Phi) is 3.43. The fraction of sp³-hybridized carbons (Fsp3) is 0.647. The van der Waals surface area contributed by atoms with Gasteiger partial charge in [0.25, 0.3) is 0 Å². The average Bonchev–Trinajstić information content (AvgIpc) is 3.53. The highest BCUT2D eigenvalue weighted by Gasteiger charge is 2.30. The second-order valence-electron chi connectivity index (χ2n) is 7.18. The number of hydrogen-bond donors (Lipinski definition) is 0. The van der Waals surface area contributed by atoms with Crippen molar-refractivity contribution < 1.29 is 0 Å². The average molecular weight is 342 g/mol. The maximum absolute atomic E-state index is 4.82. The van der Waals surface area contributed by atoms with Crippen molar-refractivity contribution in [1.82, 2.24) is 19.3 Å². The number of aryl methyl sites for hydroxylation is 1. The van der Waals surface area contributed by atoms with Gasteiger partial charge in [0.15, 0.2) is 0 Å². The fourth-order valence-electron chi connectivity index (χ4n) is 3.25. The van der Waals surface area contributed by atoms with Crippen molar-refractivity contribution in [3.05, 3.63) is 23.4 Å². The molecule has 0 bridgehead atoms. The minimum Gasteiger partial charge on any atom is -0.353 e. The van der Waals surface area contributed by atoms with E-state index in [1.54, 1.807) is 11.5 Å². The van der Waals surface area contributed by atoms with Gasteiger partial charge in [-0.2, -0.15) is 4.37 Å². The highest BCUT2D eigenvalue weighted by atomic mass is 32.1. The second-order valence-corrected chi connectivity index (χ2v) is 7.91. The molecule has 126 valence electrons. The summed E-state index contributed by atoms with van der Waals surface area (Å²) in [6.07, 6.45) is 5.02. The van der Waals surface area contributed by atoms with Crippen molar-refractivity contribution in [3.63, 3.8) is 0 Å². The van der Waals surface area contributed by atoms with Crippen molar-refractivity contribution in [2.45, 2.75) is 44.4 Å². The first-order chi connectivity index (χ1) is 11.8. The summed E-state index contributed by atoms with van der Waals surface area (Å²) in [6, 6.07) is 2.12. The minimum absolute atomic E-state index is 0.604. The minimum atomic E-state index is 0.604. The molecule has 1 aliphatic heterocycles. The molecule has 1 saturated heterocycles. The molecule has 24 heavy (non-hydrogen) atoms. The molecule has 3 fully saturated rings. The topological polar surface area (TPSA) is 58.0 Å². The van der Waals surface area contributed by atoms with E-state index in [2.05, 4.69) is 32.1 Å². The van der Waals surface area contributed by atoms with Crippen LogP contribution in [0, 0.1) is 6.92 Å². The highest BCUT2D eigenvalue weighted by molar-refractivity contribution is 7.09. The van der Waals surface area contributed by atoms with Crippen molar-refractivity contribution in [1.29, 1.82) is 0 Å². The number of rotatable bonds is 4. The lowest BCUT2D eigenvalue weighted by Crippen LogP contribution is -2.47. The Balaban J connectivity index is 1.27. The summed E-state index contributed by atoms with van der Waals surface area (Å²) >= 11 is 1.56. The number of nitrogens with zero attached hydrogens (tertiary/aromatic N) is 6. The molecule has 2 aromatic rings. The Labute approximate surface area is 146 Å². The van der Waals surface area contributed by atoms with E-state index in [4.69, 9.17) is 9.97 Å². The van der Waals surface area contributed by atoms with Gasteiger partial charge in [-0.05, 0) is 32.6 Å². The third-order valence-electron chi connectivity index (χ3n) is 5.05. The molecule has 2 aliphatic carbocycles. The van der Waals surface area contributed by atoms with Gasteiger partial charge in [-0.3, -0.25) is 0 Å². The molecule has 0 atom stereocenters. The summed E-state index contributed by atoms with van der Waals surface area (Å²) in [6.45, 7) is 6.02. The van der Waals surface area contributed by atoms with Gasteiger partial charge in [-0.1, -0.05) is 0 Å². The van der Waals surface area contributed by atoms with Gasteiger partial charge in [-0.15, -0.1) is 0 Å². The molecule has 0 aromatic carbocycles. The van der Waals surface area contributed by atoms with Gasteiger partial charge >= 0.3 is 0 Å². The maximum atomic E-state index is 4.82. The molecule has 0 N–H and O–H groups in total. The zero-order valence-corrected chi connectivity index (χ0v) is 14.8. The van der Waals surface area contributed by atoms with E-state index in [9.17, 15) is 0 Å². The molecule has 3 heterocycles. The third-order valence-corrected chi connectivity index (χ3v) is 5.84. The van der Waals surface area contributed by atoms with Crippen LogP contribution in [0.1, 0.15) is 54.9 Å². The van der Waals surface area contributed by atoms with Gasteiger partial charge in [-0.25, -0.2) is 15.0 Å². The fourth-order valence-corrected chi connectivity index (χ4v) is 4.05. The quantitative estimate of drug-likeness (QED) is 0.851. The Morgan fingerprint density at radius 2 is 1.54 bits per heavy atom. The summed E-state index contributed by atoms with van der Waals surface area (Å²) in [5.74, 6) is 4.46. The van der Waals surface area contributed by atoms with Crippen LogP contribution in [0.25, 0.3) is 0 Å². The molecule has 6 nitrogen and oxygen atoms in total. The molecular weight excluding hydrogens is 320 g/mol.